The number of amides is 1. The highest BCUT2D eigenvalue weighted by Gasteiger charge is 2.39. The Labute approximate surface area is 149 Å². The van der Waals surface area contributed by atoms with Gasteiger partial charge in [-0.1, -0.05) is 36.4 Å². The van der Waals surface area contributed by atoms with Crippen molar-refractivity contribution >= 4 is 5.91 Å². The number of nitrogens with zero attached hydrogens (tertiary/aromatic N) is 3. The minimum atomic E-state index is 0.283. The maximum atomic E-state index is 12.5. The quantitative estimate of drug-likeness (QED) is 0.862. The molecule has 4 heteroatoms. The molecule has 2 aromatic rings. The van der Waals surface area contributed by atoms with E-state index in [1.165, 1.54) is 5.56 Å². The molecule has 4 rings (SSSR count). The minimum absolute atomic E-state index is 0.283. The van der Waals surface area contributed by atoms with E-state index in [2.05, 4.69) is 40.0 Å². The maximum Gasteiger partial charge on any atom is 0.222 e. The van der Waals surface area contributed by atoms with Crippen LogP contribution >= 0.6 is 0 Å². The lowest BCUT2D eigenvalue weighted by Crippen LogP contribution is -2.32. The number of fused-ring (bicyclic) bond motifs is 1. The van der Waals surface area contributed by atoms with Crippen molar-refractivity contribution in [2.24, 2.45) is 11.8 Å². The van der Waals surface area contributed by atoms with Gasteiger partial charge >= 0.3 is 0 Å². The smallest absolute Gasteiger partial charge is 0.222 e. The van der Waals surface area contributed by atoms with Gasteiger partial charge in [-0.25, -0.2) is 0 Å². The van der Waals surface area contributed by atoms with Gasteiger partial charge in [0.1, 0.15) is 0 Å². The van der Waals surface area contributed by atoms with Gasteiger partial charge in [0.15, 0.2) is 0 Å². The van der Waals surface area contributed by atoms with Crippen LogP contribution in [0.15, 0.2) is 48.7 Å². The van der Waals surface area contributed by atoms with Crippen LogP contribution in [-0.4, -0.2) is 53.9 Å². The van der Waals surface area contributed by atoms with Crippen LogP contribution in [0, 0.1) is 11.8 Å². The van der Waals surface area contributed by atoms with E-state index in [1.807, 2.05) is 30.5 Å². The second-order valence-corrected chi connectivity index (χ2v) is 7.44. The van der Waals surface area contributed by atoms with Crippen molar-refractivity contribution in [2.75, 3.05) is 33.2 Å². The molecule has 0 bridgehead atoms. The van der Waals surface area contributed by atoms with Crippen LogP contribution in [0.1, 0.15) is 12.1 Å². The molecule has 0 radical (unpaired) electrons. The van der Waals surface area contributed by atoms with Crippen LogP contribution in [0.5, 0.6) is 0 Å². The first-order valence-corrected chi connectivity index (χ1v) is 9.16. The minimum Gasteiger partial charge on any atom is -0.342 e. The van der Waals surface area contributed by atoms with Crippen molar-refractivity contribution in [1.82, 2.24) is 14.8 Å². The summed E-state index contributed by atoms with van der Waals surface area (Å²) in [6, 6.07) is 14.4. The molecule has 1 aromatic heterocycles. The van der Waals surface area contributed by atoms with Crippen molar-refractivity contribution in [3.8, 4) is 11.1 Å². The lowest BCUT2D eigenvalue weighted by atomic mass is 10.0. The molecular formula is C21H25N3O. The predicted molar refractivity (Wildman–Crippen MR) is 99.1 cm³/mol. The summed E-state index contributed by atoms with van der Waals surface area (Å²) in [6.07, 6.45) is 3.19. The normalized spacial score (nSPS) is 23.0. The Morgan fingerprint density at radius 2 is 1.72 bits per heavy atom. The van der Waals surface area contributed by atoms with Gasteiger partial charge in [0.2, 0.25) is 5.91 Å². The van der Waals surface area contributed by atoms with Gasteiger partial charge in [-0.15, -0.1) is 0 Å². The molecular weight excluding hydrogens is 310 g/mol. The lowest BCUT2D eigenvalue weighted by Gasteiger charge is -2.19. The first-order chi connectivity index (χ1) is 12.2. The van der Waals surface area contributed by atoms with Gasteiger partial charge in [0.05, 0.1) is 0 Å². The third-order valence-corrected chi connectivity index (χ3v) is 5.55. The molecule has 0 N–H and O–H groups in total. The van der Waals surface area contributed by atoms with E-state index in [0.717, 1.165) is 43.9 Å². The fourth-order valence-electron chi connectivity index (χ4n) is 4.20. The Hall–Kier alpha value is -2.20. The molecule has 1 aromatic carbocycles. The monoisotopic (exact) mass is 335 g/mol. The zero-order valence-corrected chi connectivity index (χ0v) is 14.8. The average Bonchev–Trinajstić information content (AvgIpc) is 3.18. The summed E-state index contributed by atoms with van der Waals surface area (Å²) in [4.78, 5) is 21.5. The topological polar surface area (TPSA) is 36.4 Å². The standard InChI is InChI=1S/C21H25N3O/c1-23-12-18-14-24(15-19(18)13-23)21(25)10-9-20-8-7-17(11-22-20)16-5-3-2-4-6-16/h2-8,11,18-19H,9-10,12-15H2,1H3. The number of hydrogen-bond acceptors (Lipinski definition) is 3. The number of carbonyl (C=O) groups is 1. The van der Waals surface area contributed by atoms with E-state index in [9.17, 15) is 4.79 Å². The largest absolute Gasteiger partial charge is 0.342 e. The van der Waals surface area contributed by atoms with Crippen LogP contribution in [0.2, 0.25) is 0 Å². The number of pyridine rings is 1. The predicted octanol–water partition coefficient (Wildman–Crippen LogP) is 2.70. The van der Waals surface area contributed by atoms with E-state index in [4.69, 9.17) is 0 Å². The molecule has 2 aliphatic heterocycles. The zero-order valence-electron chi connectivity index (χ0n) is 14.8. The van der Waals surface area contributed by atoms with Crippen LogP contribution < -0.4 is 0 Å². The second kappa shape index (κ2) is 6.96. The Kier molecular flexibility index (Phi) is 4.53. The maximum absolute atomic E-state index is 12.5. The zero-order chi connectivity index (χ0) is 17.2. The van der Waals surface area contributed by atoms with Gasteiger partial charge in [-0.3, -0.25) is 9.78 Å². The van der Waals surface area contributed by atoms with Gasteiger partial charge < -0.3 is 9.80 Å². The first kappa shape index (κ1) is 16.3. The van der Waals surface area contributed by atoms with E-state index < -0.39 is 0 Å². The highest BCUT2D eigenvalue weighted by Crippen LogP contribution is 2.30. The van der Waals surface area contributed by atoms with Crippen molar-refractivity contribution in [2.45, 2.75) is 12.8 Å². The Balaban J connectivity index is 1.31. The third-order valence-electron chi connectivity index (χ3n) is 5.55. The molecule has 130 valence electrons. The van der Waals surface area contributed by atoms with Gasteiger partial charge in [-0.2, -0.15) is 0 Å². The Bertz CT molecular complexity index is 715. The van der Waals surface area contributed by atoms with Crippen molar-refractivity contribution in [3.05, 3.63) is 54.4 Å². The van der Waals surface area contributed by atoms with E-state index in [1.54, 1.807) is 0 Å². The van der Waals surface area contributed by atoms with Crippen molar-refractivity contribution in [1.29, 1.82) is 0 Å². The summed E-state index contributed by atoms with van der Waals surface area (Å²) < 4.78 is 0. The summed E-state index contributed by atoms with van der Waals surface area (Å²) >= 11 is 0. The molecule has 1 amide bonds. The van der Waals surface area contributed by atoms with Crippen molar-refractivity contribution < 1.29 is 4.79 Å². The molecule has 2 atom stereocenters. The van der Waals surface area contributed by atoms with Gasteiger partial charge in [0, 0.05) is 50.1 Å². The first-order valence-electron chi connectivity index (χ1n) is 9.16. The number of aromatic nitrogens is 1. The molecule has 3 heterocycles. The fraction of sp³-hybridized carbons (Fsp3) is 0.429. The lowest BCUT2D eigenvalue weighted by molar-refractivity contribution is -0.130. The van der Waals surface area contributed by atoms with Gasteiger partial charge in [0.25, 0.3) is 0 Å². The summed E-state index contributed by atoms with van der Waals surface area (Å²) in [5.74, 6) is 1.64. The summed E-state index contributed by atoms with van der Waals surface area (Å²) in [6.45, 7) is 4.15. The van der Waals surface area contributed by atoms with Gasteiger partial charge in [-0.05, 0) is 36.9 Å². The number of benzene rings is 1. The van der Waals surface area contributed by atoms with Crippen LogP contribution in [0.3, 0.4) is 0 Å². The highest BCUT2D eigenvalue weighted by molar-refractivity contribution is 5.76. The highest BCUT2D eigenvalue weighted by atomic mass is 16.2. The number of aryl methyl sites for hydroxylation is 1. The number of hydrogen-bond donors (Lipinski definition) is 0. The third kappa shape index (κ3) is 3.59. The molecule has 2 fully saturated rings. The summed E-state index contributed by atoms with van der Waals surface area (Å²) in [7, 11) is 2.18. The molecule has 0 saturated carbocycles. The average molecular weight is 335 g/mol. The molecule has 4 nitrogen and oxygen atoms in total. The van der Waals surface area contributed by atoms with E-state index in [-0.39, 0.29) is 5.91 Å². The van der Waals surface area contributed by atoms with Crippen LogP contribution in [0.25, 0.3) is 11.1 Å². The Morgan fingerprint density at radius 3 is 2.36 bits per heavy atom. The summed E-state index contributed by atoms with van der Waals surface area (Å²) in [5, 5.41) is 0. The Morgan fingerprint density at radius 1 is 1.00 bits per heavy atom. The van der Waals surface area contributed by atoms with E-state index in [0.29, 0.717) is 18.3 Å². The number of rotatable bonds is 4. The SMILES string of the molecule is CN1CC2CN(C(=O)CCc3ccc(-c4ccccc4)cn3)CC2C1. The molecule has 2 aliphatic rings. The van der Waals surface area contributed by atoms with Crippen LogP contribution in [-0.2, 0) is 11.2 Å². The molecule has 2 unspecified atom stereocenters. The molecule has 25 heavy (non-hydrogen) atoms. The number of carbonyl (C=O) groups excluding carboxylic acids is 1. The van der Waals surface area contributed by atoms with Crippen molar-refractivity contribution in [3.63, 3.8) is 0 Å². The molecule has 0 spiro atoms. The number of likely N-dealkylation sites (tertiary alicyclic amines) is 2. The molecule has 2 saturated heterocycles. The van der Waals surface area contributed by atoms with Crippen LogP contribution in [0.4, 0.5) is 0 Å². The summed E-state index contributed by atoms with van der Waals surface area (Å²) in [5.41, 5.74) is 3.28. The molecule has 0 aliphatic carbocycles. The second-order valence-electron chi connectivity index (χ2n) is 7.44. The fourth-order valence-corrected chi connectivity index (χ4v) is 4.20. The van der Waals surface area contributed by atoms with E-state index >= 15 is 0 Å².